The quantitative estimate of drug-likeness (QED) is 0.405. The number of carbonyl (C=O) groups excluding carboxylic acids is 1. The molecular formula is C17H16N2O5. The Morgan fingerprint density at radius 3 is 2.62 bits per heavy atom. The number of furan rings is 1. The maximum atomic E-state index is 12.2. The Kier molecular flexibility index (Phi) is 4.07. The lowest BCUT2D eigenvalue weighted by atomic mass is 10.2. The second-order valence-electron chi connectivity index (χ2n) is 5.37. The summed E-state index contributed by atoms with van der Waals surface area (Å²) < 4.78 is 12.5. The molecule has 2 heterocycles. The van der Waals surface area contributed by atoms with Crippen molar-refractivity contribution in [2.45, 2.75) is 20.4 Å². The fourth-order valence-electron chi connectivity index (χ4n) is 2.62. The average molecular weight is 328 g/mol. The largest absolute Gasteiger partial charge is 0.461 e. The molecule has 0 aliphatic rings. The number of nitro groups is 1. The molecule has 0 fully saturated rings. The van der Waals surface area contributed by atoms with Crippen LogP contribution in [0.25, 0.3) is 11.1 Å². The van der Waals surface area contributed by atoms with Crippen molar-refractivity contribution in [1.29, 1.82) is 0 Å². The van der Waals surface area contributed by atoms with E-state index in [1.807, 2.05) is 13.0 Å². The van der Waals surface area contributed by atoms with Crippen LogP contribution in [-0.2, 0) is 11.3 Å². The number of benzene rings is 1. The first-order chi connectivity index (χ1) is 11.5. The molecule has 1 aromatic carbocycles. The predicted molar refractivity (Wildman–Crippen MR) is 87.1 cm³/mol. The zero-order chi connectivity index (χ0) is 17.3. The van der Waals surface area contributed by atoms with E-state index < -0.39 is 10.9 Å². The highest BCUT2D eigenvalue weighted by Crippen LogP contribution is 2.26. The second kappa shape index (κ2) is 6.19. The molecule has 7 nitrogen and oxygen atoms in total. The first-order valence-electron chi connectivity index (χ1n) is 7.49. The topological polar surface area (TPSA) is 87.5 Å². The number of nitro benzene ring substituents is 1. The molecule has 0 aliphatic carbocycles. The third-order valence-electron chi connectivity index (χ3n) is 3.69. The van der Waals surface area contributed by atoms with Crippen molar-refractivity contribution in [2.75, 3.05) is 6.61 Å². The van der Waals surface area contributed by atoms with Crippen LogP contribution in [0.4, 0.5) is 5.69 Å². The Bertz CT molecular complexity index is 905. The van der Waals surface area contributed by atoms with Crippen LogP contribution in [0.15, 0.2) is 40.8 Å². The minimum atomic E-state index is -0.443. The third kappa shape index (κ3) is 2.88. The molecule has 0 aliphatic heterocycles. The Morgan fingerprint density at radius 1 is 1.29 bits per heavy atom. The smallest absolute Gasteiger partial charge is 0.355 e. The molecule has 7 heteroatoms. The zero-order valence-corrected chi connectivity index (χ0v) is 13.3. The standard InChI is InChI=1S/C17H16N2O5/c1-3-23-17(20)15-9-16-14(8-11(2)24-16)18(15)10-12-4-6-13(7-5-12)19(21)22/h4-9H,3,10H2,1-2H3. The number of carbonyl (C=O) groups is 1. The minimum absolute atomic E-state index is 0.0289. The third-order valence-corrected chi connectivity index (χ3v) is 3.69. The summed E-state index contributed by atoms with van der Waals surface area (Å²) in [6.07, 6.45) is 0. The average Bonchev–Trinajstić information content (AvgIpc) is 3.05. The van der Waals surface area contributed by atoms with Crippen LogP contribution < -0.4 is 0 Å². The van der Waals surface area contributed by atoms with Crippen molar-refractivity contribution in [3.8, 4) is 0 Å². The number of non-ortho nitro benzene ring substituents is 1. The Balaban J connectivity index is 2.01. The summed E-state index contributed by atoms with van der Waals surface area (Å²) in [5, 5.41) is 10.7. The lowest BCUT2D eigenvalue weighted by molar-refractivity contribution is -0.384. The van der Waals surface area contributed by atoms with Crippen molar-refractivity contribution in [3.63, 3.8) is 0 Å². The van der Waals surface area contributed by atoms with E-state index in [1.54, 1.807) is 29.7 Å². The van der Waals surface area contributed by atoms with Gasteiger partial charge in [-0.1, -0.05) is 12.1 Å². The van der Waals surface area contributed by atoms with Gasteiger partial charge in [-0.3, -0.25) is 10.1 Å². The number of ether oxygens (including phenoxy) is 1. The SMILES string of the molecule is CCOC(=O)c1cc2oc(C)cc2n1Cc1ccc([N+](=O)[O-])cc1. The number of aryl methyl sites for hydroxylation is 1. The monoisotopic (exact) mass is 328 g/mol. The number of nitrogens with zero attached hydrogens (tertiary/aromatic N) is 2. The zero-order valence-electron chi connectivity index (χ0n) is 13.3. The van der Waals surface area contributed by atoms with E-state index in [0.717, 1.165) is 16.8 Å². The van der Waals surface area contributed by atoms with E-state index >= 15 is 0 Å². The number of hydrogen-bond acceptors (Lipinski definition) is 5. The lowest BCUT2D eigenvalue weighted by Crippen LogP contribution is -2.12. The molecule has 24 heavy (non-hydrogen) atoms. The number of aromatic nitrogens is 1. The van der Waals surface area contributed by atoms with Crippen LogP contribution in [0.5, 0.6) is 0 Å². The van der Waals surface area contributed by atoms with E-state index in [-0.39, 0.29) is 12.3 Å². The lowest BCUT2D eigenvalue weighted by Gasteiger charge is -2.09. The van der Waals surface area contributed by atoms with Gasteiger partial charge in [0.2, 0.25) is 0 Å². The maximum Gasteiger partial charge on any atom is 0.355 e. The van der Waals surface area contributed by atoms with E-state index in [2.05, 4.69) is 0 Å². The molecule has 0 atom stereocenters. The maximum absolute atomic E-state index is 12.2. The molecule has 3 rings (SSSR count). The highest BCUT2D eigenvalue weighted by molar-refractivity contribution is 5.94. The van der Waals surface area contributed by atoms with Gasteiger partial charge < -0.3 is 13.7 Å². The van der Waals surface area contributed by atoms with Gasteiger partial charge in [0, 0.05) is 30.8 Å². The Labute approximate surface area is 137 Å². The summed E-state index contributed by atoms with van der Waals surface area (Å²) in [4.78, 5) is 22.5. The molecule has 2 aromatic heterocycles. The molecule has 0 N–H and O–H groups in total. The summed E-state index contributed by atoms with van der Waals surface area (Å²) in [7, 11) is 0. The summed E-state index contributed by atoms with van der Waals surface area (Å²) in [6, 6.07) is 9.74. The molecule has 124 valence electrons. The predicted octanol–water partition coefficient (Wildman–Crippen LogP) is 3.68. The van der Waals surface area contributed by atoms with E-state index in [1.165, 1.54) is 12.1 Å². The molecule has 0 radical (unpaired) electrons. The van der Waals surface area contributed by atoms with Crippen molar-refractivity contribution < 1.29 is 18.9 Å². The second-order valence-corrected chi connectivity index (χ2v) is 5.37. The fraction of sp³-hybridized carbons (Fsp3) is 0.235. The highest BCUT2D eigenvalue weighted by Gasteiger charge is 2.19. The molecular weight excluding hydrogens is 312 g/mol. The number of hydrogen-bond donors (Lipinski definition) is 0. The molecule has 0 saturated heterocycles. The Hall–Kier alpha value is -3.09. The van der Waals surface area contributed by atoms with Gasteiger partial charge in [-0.15, -0.1) is 0 Å². The van der Waals surface area contributed by atoms with E-state index in [9.17, 15) is 14.9 Å². The molecule has 0 bridgehead atoms. The van der Waals surface area contributed by atoms with Crippen molar-refractivity contribution in [3.05, 3.63) is 63.5 Å². The number of fused-ring (bicyclic) bond motifs is 1. The summed E-state index contributed by atoms with van der Waals surface area (Å²) in [5.74, 6) is 0.316. The molecule has 0 unspecified atom stereocenters. The number of rotatable bonds is 5. The first-order valence-corrected chi connectivity index (χ1v) is 7.49. The van der Waals surface area contributed by atoms with Gasteiger partial charge >= 0.3 is 5.97 Å². The van der Waals surface area contributed by atoms with Gasteiger partial charge in [-0.2, -0.15) is 0 Å². The summed E-state index contributed by atoms with van der Waals surface area (Å²) in [5.41, 5.74) is 2.65. The van der Waals surface area contributed by atoms with Crippen molar-refractivity contribution >= 4 is 22.8 Å². The van der Waals surface area contributed by atoms with Crippen molar-refractivity contribution in [1.82, 2.24) is 4.57 Å². The van der Waals surface area contributed by atoms with E-state index in [4.69, 9.17) is 9.15 Å². The van der Waals surface area contributed by atoms with E-state index in [0.29, 0.717) is 17.8 Å². The molecule has 0 amide bonds. The van der Waals surface area contributed by atoms with Gasteiger partial charge in [0.15, 0.2) is 5.58 Å². The van der Waals surface area contributed by atoms with Crippen molar-refractivity contribution in [2.24, 2.45) is 0 Å². The van der Waals surface area contributed by atoms with Gasteiger partial charge in [-0.05, 0) is 19.4 Å². The van der Waals surface area contributed by atoms with Crippen LogP contribution in [0, 0.1) is 17.0 Å². The molecule has 3 aromatic rings. The normalized spacial score (nSPS) is 10.9. The van der Waals surface area contributed by atoms with Crippen LogP contribution in [0.2, 0.25) is 0 Å². The van der Waals surface area contributed by atoms with Crippen LogP contribution >= 0.6 is 0 Å². The number of esters is 1. The summed E-state index contributed by atoms with van der Waals surface area (Å²) in [6.45, 7) is 4.24. The Morgan fingerprint density at radius 2 is 2.00 bits per heavy atom. The molecule has 0 spiro atoms. The van der Waals surface area contributed by atoms with Gasteiger partial charge in [0.25, 0.3) is 5.69 Å². The van der Waals surface area contributed by atoms with Crippen LogP contribution in [0.3, 0.4) is 0 Å². The van der Waals surface area contributed by atoms with Gasteiger partial charge in [0.1, 0.15) is 11.5 Å². The van der Waals surface area contributed by atoms with Crippen LogP contribution in [-0.4, -0.2) is 22.1 Å². The van der Waals surface area contributed by atoms with Gasteiger partial charge in [0.05, 0.1) is 17.0 Å². The van der Waals surface area contributed by atoms with Crippen LogP contribution in [0.1, 0.15) is 28.7 Å². The van der Waals surface area contributed by atoms with Gasteiger partial charge in [-0.25, -0.2) is 4.79 Å². The summed E-state index contributed by atoms with van der Waals surface area (Å²) >= 11 is 0. The minimum Gasteiger partial charge on any atom is -0.461 e. The fourth-order valence-corrected chi connectivity index (χ4v) is 2.62. The molecule has 0 saturated carbocycles. The highest BCUT2D eigenvalue weighted by atomic mass is 16.6. The first kappa shape index (κ1) is 15.8.